The van der Waals surface area contributed by atoms with Crippen molar-refractivity contribution in [1.82, 2.24) is 9.97 Å². The van der Waals surface area contributed by atoms with Gasteiger partial charge >= 0.3 is 0 Å². The van der Waals surface area contributed by atoms with Crippen molar-refractivity contribution in [2.24, 2.45) is 0 Å². The van der Waals surface area contributed by atoms with Crippen LogP contribution < -0.4 is 0 Å². The Kier molecular flexibility index (Phi) is 10.1. The van der Waals surface area contributed by atoms with Gasteiger partial charge < -0.3 is 18.8 Å². The first-order chi connectivity index (χ1) is 28.2. The van der Waals surface area contributed by atoms with Crippen molar-refractivity contribution in [1.29, 1.82) is 0 Å². The van der Waals surface area contributed by atoms with E-state index in [1.54, 1.807) is 0 Å². The van der Waals surface area contributed by atoms with Crippen LogP contribution in [0.4, 0.5) is 0 Å². The topological polar surface area (TPSA) is 52.1 Å². The standard InChI is InChI=1S/C41H24NO2.C12H10N.Ir/c1-4-10-26(11-5-1)29-16-18-37-33(22-29)34-25-32(31-20-21-42-36(24-31)28-14-8-3-9-15-28)39-35-23-30(27-12-6-2-7-13-27)17-19-38(35)44-41(39)40(34)43-37;1-10-7-8-12(13-9-10)11-5-3-2-4-6-11;/h1-14,16-25H;2-5,7-9H,1H3;/q2*-1;. The monoisotopic (exact) mass is 923 g/mol. The van der Waals surface area contributed by atoms with E-state index in [0.29, 0.717) is 0 Å². The maximum Gasteiger partial charge on any atom is 0.179 e. The molecule has 0 bridgehead atoms. The summed E-state index contributed by atoms with van der Waals surface area (Å²) < 4.78 is 13.2. The van der Waals surface area contributed by atoms with E-state index < -0.39 is 0 Å². The fraction of sp³-hybridized carbons (Fsp3) is 0.0189. The maximum absolute atomic E-state index is 6.66. The molecule has 0 unspecified atom stereocenters. The van der Waals surface area contributed by atoms with Gasteiger partial charge in [0.1, 0.15) is 11.2 Å². The fourth-order valence-corrected chi connectivity index (χ4v) is 7.50. The zero-order chi connectivity index (χ0) is 38.1. The second-order valence-electron chi connectivity index (χ2n) is 14.1. The Morgan fingerprint density at radius 2 is 1.05 bits per heavy atom. The molecule has 11 rings (SSSR count). The molecule has 4 nitrogen and oxygen atoms in total. The number of hydrogen-bond acceptors (Lipinski definition) is 4. The van der Waals surface area contributed by atoms with Gasteiger partial charge in [-0.25, -0.2) is 0 Å². The van der Waals surface area contributed by atoms with Crippen LogP contribution in [0.1, 0.15) is 5.56 Å². The van der Waals surface area contributed by atoms with Gasteiger partial charge in [0, 0.05) is 54.0 Å². The summed E-state index contributed by atoms with van der Waals surface area (Å²) in [5, 5.41) is 4.16. The summed E-state index contributed by atoms with van der Waals surface area (Å²) in [4.78, 5) is 9.01. The van der Waals surface area contributed by atoms with Gasteiger partial charge in [0.05, 0.1) is 0 Å². The van der Waals surface area contributed by atoms with E-state index in [-0.39, 0.29) is 20.1 Å². The molecule has 0 saturated heterocycles. The average molecular weight is 923 g/mol. The minimum absolute atomic E-state index is 0. The molecule has 58 heavy (non-hydrogen) atoms. The van der Waals surface area contributed by atoms with Crippen LogP contribution in [0.15, 0.2) is 197 Å². The van der Waals surface area contributed by atoms with E-state index >= 15 is 0 Å². The van der Waals surface area contributed by atoms with Crippen LogP contribution in [-0.4, -0.2) is 9.97 Å². The van der Waals surface area contributed by atoms with E-state index in [4.69, 9.17) is 13.8 Å². The Bertz CT molecular complexity index is 3160. The Labute approximate surface area is 349 Å². The summed E-state index contributed by atoms with van der Waals surface area (Å²) in [5.41, 5.74) is 14.9. The van der Waals surface area contributed by atoms with Crippen LogP contribution in [0.25, 0.3) is 99.8 Å². The summed E-state index contributed by atoms with van der Waals surface area (Å²) in [6.07, 6.45) is 3.75. The number of benzene rings is 7. The molecule has 0 aliphatic carbocycles. The summed E-state index contributed by atoms with van der Waals surface area (Å²) in [7, 11) is 0. The van der Waals surface area contributed by atoms with Gasteiger partial charge in [0.15, 0.2) is 11.2 Å². The summed E-state index contributed by atoms with van der Waals surface area (Å²) in [6, 6.07) is 66.6. The van der Waals surface area contributed by atoms with E-state index in [1.165, 1.54) is 11.1 Å². The van der Waals surface area contributed by atoms with Gasteiger partial charge in [0.2, 0.25) is 0 Å². The summed E-state index contributed by atoms with van der Waals surface area (Å²) >= 11 is 0. The molecule has 11 aromatic rings. The van der Waals surface area contributed by atoms with Crippen molar-refractivity contribution in [3.8, 4) is 55.9 Å². The maximum atomic E-state index is 6.66. The van der Waals surface area contributed by atoms with Crippen LogP contribution in [0.3, 0.4) is 0 Å². The molecule has 0 aliphatic heterocycles. The molecule has 1 radical (unpaired) electrons. The first kappa shape index (κ1) is 36.7. The molecule has 0 spiro atoms. The van der Waals surface area contributed by atoms with Crippen LogP contribution in [-0.2, 0) is 20.1 Å². The molecule has 0 fully saturated rings. The second-order valence-corrected chi connectivity index (χ2v) is 14.1. The number of hydrogen-bond donors (Lipinski definition) is 0. The third-order valence-electron chi connectivity index (χ3n) is 10.3. The van der Waals surface area contributed by atoms with Gasteiger partial charge in [-0.2, -0.15) is 0 Å². The van der Waals surface area contributed by atoms with E-state index in [2.05, 4.69) is 126 Å². The minimum atomic E-state index is 0. The predicted molar refractivity (Wildman–Crippen MR) is 233 cm³/mol. The predicted octanol–water partition coefficient (Wildman–Crippen LogP) is 14.2. The Balaban J connectivity index is 0.000000266. The summed E-state index contributed by atoms with van der Waals surface area (Å²) in [5.74, 6) is 0. The van der Waals surface area contributed by atoms with Gasteiger partial charge in [-0.05, 0) is 93.7 Å². The van der Waals surface area contributed by atoms with Crippen molar-refractivity contribution in [2.45, 2.75) is 6.92 Å². The number of furan rings is 2. The van der Waals surface area contributed by atoms with Crippen molar-refractivity contribution < 1.29 is 28.9 Å². The molecule has 4 aromatic heterocycles. The molecule has 4 heterocycles. The third-order valence-corrected chi connectivity index (χ3v) is 10.3. The third kappa shape index (κ3) is 7.03. The van der Waals surface area contributed by atoms with Crippen LogP contribution in [0.2, 0.25) is 0 Å². The molecule has 0 amide bonds. The van der Waals surface area contributed by atoms with Crippen molar-refractivity contribution in [3.63, 3.8) is 0 Å². The Hall–Kier alpha value is -6.91. The molecule has 0 aliphatic rings. The number of fused-ring (bicyclic) bond motifs is 7. The first-order valence-electron chi connectivity index (χ1n) is 19.0. The van der Waals surface area contributed by atoms with Crippen LogP contribution in [0.5, 0.6) is 0 Å². The molecule has 7 aromatic carbocycles. The van der Waals surface area contributed by atoms with Crippen LogP contribution >= 0.6 is 0 Å². The average Bonchev–Trinajstić information content (AvgIpc) is 3.86. The smallest absolute Gasteiger partial charge is 0.179 e. The van der Waals surface area contributed by atoms with Crippen molar-refractivity contribution in [2.75, 3.05) is 0 Å². The fourth-order valence-electron chi connectivity index (χ4n) is 7.50. The largest absolute Gasteiger partial charge is 0.452 e. The van der Waals surface area contributed by atoms with Crippen molar-refractivity contribution in [3.05, 3.63) is 206 Å². The zero-order valence-electron chi connectivity index (χ0n) is 31.4. The van der Waals surface area contributed by atoms with Crippen molar-refractivity contribution >= 4 is 43.9 Å². The number of aromatic nitrogens is 2. The molecule has 0 atom stereocenters. The number of nitrogens with zero attached hydrogens (tertiary/aromatic N) is 2. The van der Waals surface area contributed by atoms with E-state index in [1.807, 2.05) is 86.0 Å². The Morgan fingerprint density at radius 3 is 1.67 bits per heavy atom. The van der Waals surface area contributed by atoms with E-state index in [0.717, 1.165) is 94.2 Å². The number of pyridine rings is 2. The first-order valence-corrected chi connectivity index (χ1v) is 19.0. The Morgan fingerprint density at radius 1 is 0.448 bits per heavy atom. The minimum Gasteiger partial charge on any atom is -0.452 e. The summed E-state index contributed by atoms with van der Waals surface area (Å²) in [6.45, 7) is 2.03. The van der Waals surface area contributed by atoms with Gasteiger partial charge in [-0.1, -0.05) is 91.0 Å². The molecular formula is C53H34IrN2O2-2. The normalized spacial score (nSPS) is 11.1. The van der Waals surface area contributed by atoms with Gasteiger partial charge in [0.25, 0.3) is 0 Å². The SMILES string of the molecule is Cc1ccc(-c2[c-]cccc2)nc1.[Ir].[c-]1ccccc1-c1cc(-c2cc3c4cc(-c5ccccc5)ccc4oc3c3oc4ccc(-c5ccccc5)cc4c23)ccn1. The molecule has 5 heteroatoms. The molecule has 279 valence electrons. The van der Waals surface area contributed by atoms with Gasteiger partial charge in [-0.15, -0.1) is 71.8 Å². The quantitative estimate of drug-likeness (QED) is 0.161. The van der Waals surface area contributed by atoms with Crippen LogP contribution in [0, 0.1) is 19.1 Å². The molecule has 0 saturated carbocycles. The molecule has 0 N–H and O–H groups in total. The van der Waals surface area contributed by atoms with Gasteiger partial charge in [-0.3, -0.25) is 0 Å². The number of aryl methyl sites for hydroxylation is 1. The number of rotatable bonds is 5. The molecular weight excluding hydrogens is 889 g/mol. The van der Waals surface area contributed by atoms with E-state index in [9.17, 15) is 0 Å². The zero-order valence-corrected chi connectivity index (χ0v) is 33.8. The second kappa shape index (κ2) is 15.9.